The van der Waals surface area contributed by atoms with Crippen LogP contribution in [0.25, 0.3) is 0 Å². The zero-order valence-corrected chi connectivity index (χ0v) is 10.6. The quantitative estimate of drug-likeness (QED) is 0.870. The number of allylic oxidation sites excluding steroid dienone is 2. The van der Waals surface area contributed by atoms with Gasteiger partial charge in [0.15, 0.2) is 5.78 Å². The van der Waals surface area contributed by atoms with Gasteiger partial charge in [-0.1, -0.05) is 12.1 Å². The number of hydrogen-bond acceptors (Lipinski definition) is 5. The molecule has 2 rings (SSSR count). The highest BCUT2D eigenvalue weighted by Gasteiger charge is 2.32. The summed E-state index contributed by atoms with van der Waals surface area (Å²) in [4.78, 5) is 24.6. The van der Waals surface area contributed by atoms with Gasteiger partial charge in [0.2, 0.25) is 5.78 Å². The largest absolute Gasteiger partial charge is 0.507 e. The van der Waals surface area contributed by atoms with Crippen molar-refractivity contribution in [1.82, 2.24) is 0 Å². The maximum atomic E-state index is 12.2. The third kappa shape index (κ3) is 1.95. The van der Waals surface area contributed by atoms with E-state index in [0.717, 1.165) is 11.8 Å². The lowest BCUT2D eigenvalue weighted by Crippen LogP contribution is -2.20. The van der Waals surface area contributed by atoms with Crippen LogP contribution in [0.15, 0.2) is 28.7 Å². The number of Topliss-reactive ketones (excluding diaryl/α,β-unsaturated/α-hetero) is 2. The number of thioether (sulfide) groups is 1. The van der Waals surface area contributed by atoms with E-state index < -0.39 is 0 Å². The third-order valence-electron chi connectivity index (χ3n) is 2.74. The lowest BCUT2D eigenvalue weighted by molar-refractivity contribution is 0.0979. The zero-order chi connectivity index (χ0) is 13.3. The maximum absolute atomic E-state index is 12.2. The first kappa shape index (κ1) is 12.9. The highest BCUT2D eigenvalue weighted by atomic mass is 32.2. The third-order valence-corrected chi connectivity index (χ3v) is 3.91. The second-order valence-corrected chi connectivity index (χ2v) is 4.99. The Balaban J connectivity index is 2.54. The summed E-state index contributed by atoms with van der Waals surface area (Å²) in [6, 6.07) is 4.46. The second kappa shape index (κ2) is 4.96. The SMILES string of the molecule is CC1=C(SCCO)C(=O)c2c(O)cccc2C1=O. The van der Waals surface area contributed by atoms with Crippen LogP contribution in [-0.4, -0.2) is 34.1 Å². The Morgan fingerprint density at radius 3 is 2.61 bits per heavy atom. The van der Waals surface area contributed by atoms with Gasteiger partial charge in [0.25, 0.3) is 0 Å². The van der Waals surface area contributed by atoms with Gasteiger partial charge in [-0.3, -0.25) is 9.59 Å². The Bertz CT molecular complexity index is 560. The fourth-order valence-electron chi connectivity index (χ4n) is 1.88. The van der Waals surface area contributed by atoms with Crippen molar-refractivity contribution in [2.24, 2.45) is 0 Å². The lowest BCUT2D eigenvalue weighted by Gasteiger charge is -2.19. The molecule has 0 radical (unpaired) electrons. The van der Waals surface area contributed by atoms with Crippen molar-refractivity contribution in [3.8, 4) is 5.75 Å². The second-order valence-electron chi connectivity index (χ2n) is 3.88. The number of aromatic hydroxyl groups is 1. The van der Waals surface area contributed by atoms with Gasteiger partial charge >= 0.3 is 0 Å². The molecule has 4 nitrogen and oxygen atoms in total. The molecule has 0 fully saturated rings. The first-order chi connectivity index (χ1) is 8.57. The molecule has 5 heteroatoms. The number of aliphatic hydroxyl groups excluding tert-OH is 1. The van der Waals surface area contributed by atoms with Crippen molar-refractivity contribution < 1.29 is 19.8 Å². The van der Waals surface area contributed by atoms with Gasteiger partial charge in [0.1, 0.15) is 5.75 Å². The zero-order valence-electron chi connectivity index (χ0n) is 9.77. The molecular formula is C13H12O4S. The molecule has 0 atom stereocenters. The molecule has 0 aliphatic heterocycles. The lowest BCUT2D eigenvalue weighted by atomic mass is 9.89. The van der Waals surface area contributed by atoms with Gasteiger partial charge < -0.3 is 10.2 Å². The molecular weight excluding hydrogens is 252 g/mol. The number of fused-ring (bicyclic) bond motifs is 1. The summed E-state index contributed by atoms with van der Waals surface area (Å²) in [6.45, 7) is 1.52. The molecule has 0 heterocycles. The number of carbonyl (C=O) groups is 2. The van der Waals surface area contributed by atoms with Crippen LogP contribution in [-0.2, 0) is 0 Å². The van der Waals surface area contributed by atoms with Crippen molar-refractivity contribution >= 4 is 23.3 Å². The Labute approximate surface area is 108 Å². The first-order valence-electron chi connectivity index (χ1n) is 5.43. The maximum Gasteiger partial charge on any atom is 0.204 e. The summed E-state index contributed by atoms with van der Waals surface area (Å²) in [6.07, 6.45) is 0. The van der Waals surface area contributed by atoms with Crippen LogP contribution in [0.1, 0.15) is 27.6 Å². The molecule has 0 spiro atoms. The van der Waals surface area contributed by atoms with Gasteiger partial charge in [-0.05, 0) is 13.0 Å². The van der Waals surface area contributed by atoms with E-state index in [1.807, 2.05) is 0 Å². The molecule has 0 aromatic heterocycles. The molecule has 1 aromatic carbocycles. The average molecular weight is 264 g/mol. The minimum absolute atomic E-state index is 0.0635. The number of rotatable bonds is 3. The average Bonchev–Trinajstić information content (AvgIpc) is 2.36. The highest BCUT2D eigenvalue weighted by Crippen LogP contribution is 2.36. The van der Waals surface area contributed by atoms with Crippen LogP contribution in [0.2, 0.25) is 0 Å². The normalized spacial score (nSPS) is 15.0. The molecule has 94 valence electrons. The van der Waals surface area contributed by atoms with E-state index in [1.165, 1.54) is 12.1 Å². The standard InChI is InChI=1S/C13H12O4S/c1-7-11(16)8-3-2-4-9(15)10(8)12(17)13(7)18-6-5-14/h2-4,14-15H,5-6H2,1H3. The highest BCUT2D eigenvalue weighted by molar-refractivity contribution is 8.04. The summed E-state index contributed by atoms with van der Waals surface area (Å²) in [5.74, 6) is -0.436. The van der Waals surface area contributed by atoms with Crippen LogP contribution in [0.5, 0.6) is 5.75 Å². The molecule has 0 saturated carbocycles. The van der Waals surface area contributed by atoms with Gasteiger partial charge in [0.05, 0.1) is 17.1 Å². The molecule has 0 bridgehead atoms. The molecule has 2 N–H and O–H groups in total. The molecule has 0 unspecified atom stereocenters. The molecule has 1 aliphatic carbocycles. The monoisotopic (exact) mass is 264 g/mol. The Morgan fingerprint density at radius 2 is 1.94 bits per heavy atom. The molecule has 0 saturated heterocycles. The first-order valence-corrected chi connectivity index (χ1v) is 6.42. The number of phenolic OH excluding ortho intramolecular Hbond substituents is 1. The number of hydrogen-bond donors (Lipinski definition) is 2. The fraction of sp³-hybridized carbons (Fsp3) is 0.231. The van der Waals surface area contributed by atoms with Gasteiger partial charge in [-0.25, -0.2) is 0 Å². The van der Waals surface area contributed by atoms with E-state index >= 15 is 0 Å². The predicted octanol–water partition coefficient (Wildman–Crippen LogP) is 1.77. The van der Waals surface area contributed by atoms with E-state index in [0.29, 0.717) is 16.2 Å². The fourth-order valence-corrected chi connectivity index (χ4v) is 2.72. The van der Waals surface area contributed by atoms with E-state index in [-0.39, 0.29) is 35.0 Å². The molecule has 1 aliphatic rings. The number of aliphatic hydroxyl groups is 1. The van der Waals surface area contributed by atoms with Crippen molar-refractivity contribution in [2.45, 2.75) is 6.92 Å². The van der Waals surface area contributed by atoms with Crippen LogP contribution in [0.3, 0.4) is 0 Å². The van der Waals surface area contributed by atoms with Gasteiger partial charge in [0, 0.05) is 16.9 Å². The Morgan fingerprint density at radius 1 is 1.22 bits per heavy atom. The van der Waals surface area contributed by atoms with Crippen LogP contribution < -0.4 is 0 Å². The summed E-state index contributed by atoms with van der Waals surface area (Å²) in [7, 11) is 0. The Kier molecular flexibility index (Phi) is 3.54. The van der Waals surface area contributed by atoms with Crippen molar-refractivity contribution in [2.75, 3.05) is 12.4 Å². The molecule has 0 amide bonds. The van der Waals surface area contributed by atoms with E-state index in [9.17, 15) is 14.7 Å². The molecule has 18 heavy (non-hydrogen) atoms. The number of benzene rings is 1. The van der Waals surface area contributed by atoms with Crippen molar-refractivity contribution in [3.63, 3.8) is 0 Å². The smallest absolute Gasteiger partial charge is 0.204 e. The topological polar surface area (TPSA) is 74.6 Å². The Hall–Kier alpha value is -1.59. The molecule has 1 aromatic rings. The minimum atomic E-state index is -0.348. The predicted molar refractivity (Wildman–Crippen MR) is 69.0 cm³/mol. The van der Waals surface area contributed by atoms with Crippen molar-refractivity contribution in [3.05, 3.63) is 39.8 Å². The van der Waals surface area contributed by atoms with Crippen molar-refractivity contribution in [1.29, 1.82) is 0 Å². The van der Waals surface area contributed by atoms with Crippen LogP contribution >= 0.6 is 11.8 Å². The summed E-state index contributed by atoms with van der Waals surface area (Å²) < 4.78 is 0. The minimum Gasteiger partial charge on any atom is -0.507 e. The van der Waals surface area contributed by atoms with Gasteiger partial charge in [-0.15, -0.1) is 11.8 Å². The van der Waals surface area contributed by atoms with E-state index in [4.69, 9.17) is 5.11 Å². The summed E-state index contributed by atoms with van der Waals surface area (Å²) in [5, 5.41) is 18.5. The summed E-state index contributed by atoms with van der Waals surface area (Å²) in [5.41, 5.74) is 0.677. The van der Waals surface area contributed by atoms with Crippen LogP contribution in [0.4, 0.5) is 0 Å². The van der Waals surface area contributed by atoms with E-state index in [2.05, 4.69) is 0 Å². The number of ketones is 2. The number of phenols is 1. The van der Waals surface area contributed by atoms with Gasteiger partial charge in [-0.2, -0.15) is 0 Å². The van der Waals surface area contributed by atoms with E-state index in [1.54, 1.807) is 13.0 Å². The number of carbonyl (C=O) groups excluding carboxylic acids is 2. The van der Waals surface area contributed by atoms with Crippen LogP contribution in [0, 0.1) is 0 Å². The summed E-state index contributed by atoms with van der Waals surface area (Å²) >= 11 is 1.14.